The van der Waals surface area contributed by atoms with E-state index in [-0.39, 0.29) is 0 Å². The maximum Gasteiger partial charge on any atom is 0.126 e. The fraction of sp³-hybridized carbons (Fsp3) is 0.615. The van der Waals surface area contributed by atoms with Crippen molar-refractivity contribution in [3.63, 3.8) is 0 Å². The van der Waals surface area contributed by atoms with Gasteiger partial charge < -0.3 is 10.1 Å². The van der Waals surface area contributed by atoms with Crippen molar-refractivity contribution in [2.45, 2.75) is 31.6 Å². The highest BCUT2D eigenvalue weighted by atomic mass is 32.2. The molecule has 1 unspecified atom stereocenters. The molecule has 1 saturated heterocycles. The van der Waals surface area contributed by atoms with Gasteiger partial charge in [0.1, 0.15) is 5.82 Å². The second kappa shape index (κ2) is 6.87. The number of hydrogen-bond acceptors (Lipinski definition) is 4. The summed E-state index contributed by atoms with van der Waals surface area (Å²) in [6, 6.07) is 6.16. The van der Waals surface area contributed by atoms with Crippen LogP contribution in [0.1, 0.15) is 25.5 Å². The predicted octanol–water partition coefficient (Wildman–Crippen LogP) is 2.93. The minimum absolute atomic E-state index is 0.469. The molecule has 1 N–H and O–H groups in total. The number of thioether (sulfide) groups is 1. The maximum atomic E-state index is 5.60. The molecular weight excluding hydrogens is 232 g/mol. The Hall–Kier alpha value is -0.740. The number of rotatable bonds is 6. The molecule has 1 aliphatic rings. The number of aromatic nitrogens is 1. The van der Waals surface area contributed by atoms with Gasteiger partial charge in [-0.05, 0) is 31.9 Å². The van der Waals surface area contributed by atoms with E-state index in [4.69, 9.17) is 4.74 Å². The summed E-state index contributed by atoms with van der Waals surface area (Å²) < 4.78 is 5.60. The molecule has 0 amide bonds. The minimum atomic E-state index is 0.469. The van der Waals surface area contributed by atoms with E-state index in [0.29, 0.717) is 6.10 Å². The first kappa shape index (κ1) is 12.7. The lowest BCUT2D eigenvalue weighted by Crippen LogP contribution is -2.08. The lowest BCUT2D eigenvalue weighted by Gasteiger charge is -2.09. The standard InChI is InChI=1S/C13H20N2OS/c1-2-14-13-7-3-5-11(15-13)9-17-10-12-6-4-8-16-12/h3,5,7,12H,2,4,6,8-10H2,1H3,(H,14,15). The van der Waals surface area contributed by atoms with Crippen LogP contribution < -0.4 is 5.32 Å². The first-order valence-electron chi connectivity index (χ1n) is 6.27. The van der Waals surface area contributed by atoms with E-state index in [2.05, 4.69) is 29.4 Å². The fourth-order valence-corrected chi connectivity index (χ4v) is 2.92. The number of hydrogen-bond donors (Lipinski definition) is 1. The molecule has 1 aromatic rings. The summed E-state index contributed by atoms with van der Waals surface area (Å²) in [4.78, 5) is 4.55. The summed E-state index contributed by atoms with van der Waals surface area (Å²) in [5.41, 5.74) is 1.14. The minimum Gasteiger partial charge on any atom is -0.377 e. The maximum absolute atomic E-state index is 5.60. The Morgan fingerprint density at radius 1 is 1.53 bits per heavy atom. The highest BCUT2D eigenvalue weighted by molar-refractivity contribution is 7.98. The van der Waals surface area contributed by atoms with Crippen molar-refractivity contribution in [1.29, 1.82) is 0 Å². The molecule has 0 aromatic carbocycles. The molecule has 1 fully saturated rings. The van der Waals surface area contributed by atoms with E-state index in [9.17, 15) is 0 Å². The molecule has 0 saturated carbocycles. The third kappa shape index (κ3) is 4.21. The molecule has 17 heavy (non-hydrogen) atoms. The van der Waals surface area contributed by atoms with Crippen molar-refractivity contribution in [2.75, 3.05) is 24.2 Å². The summed E-state index contributed by atoms with van der Waals surface area (Å²) in [5, 5.41) is 3.23. The summed E-state index contributed by atoms with van der Waals surface area (Å²) in [6.45, 7) is 3.94. The molecule has 4 heteroatoms. The fourth-order valence-electron chi connectivity index (χ4n) is 1.91. The second-order valence-corrected chi connectivity index (χ2v) is 5.22. The summed E-state index contributed by atoms with van der Waals surface area (Å²) >= 11 is 1.92. The Morgan fingerprint density at radius 2 is 2.47 bits per heavy atom. The van der Waals surface area contributed by atoms with Crippen molar-refractivity contribution in [1.82, 2.24) is 4.98 Å². The van der Waals surface area contributed by atoms with Crippen LogP contribution in [0.15, 0.2) is 18.2 Å². The van der Waals surface area contributed by atoms with Crippen LogP contribution in [0.25, 0.3) is 0 Å². The molecule has 0 aliphatic carbocycles. The average Bonchev–Trinajstić information content (AvgIpc) is 2.83. The quantitative estimate of drug-likeness (QED) is 0.844. The van der Waals surface area contributed by atoms with Crippen LogP contribution in [0.4, 0.5) is 5.82 Å². The first-order chi connectivity index (χ1) is 8.38. The lowest BCUT2D eigenvalue weighted by atomic mass is 10.3. The Morgan fingerprint density at radius 3 is 3.24 bits per heavy atom. The van der Waals surface area contributed by atoms with Gasteiger partial charge in [-0.15, -0.1) is 0 Å². The van der Waals surface area contributed by atoms with E-state index >= 15 is 0 Å². The smallest absolute Gasteiger partial charge is 0.126 e. The highest BCUT2D eigenvalue weighted by Gasteiger charge is 2.14. The zero-order valence-corrected chi connectivity index (χ0v) is 11.1. The largest absolute Gasteiger partial charge is 0.377 e. The van der Waals surface area contributed by atoms with Gasteiger partial charge in [-0.2, -0.15) is 11.8 Å². The van der Waals surface area contributed by atoms with Crippen LogP contribution in [0, 0.1) is 0 Å². The zero-order chi connectivity index (χ0) is 11.9. The molecule has 1 aromatic heterocycles. The summed E-state index contributed by atoms with van der Waals surface area (Å²) in [5.74, 6) is 3.04. The van der Waals surface area contributed by atoms with E-state index in [1.54, 1.807) is 0 Å². The predicted molar refractivity (Wildman–Crippen MR) is 73.5 cm³/mol. The Balaban J connectivity index is 1.75. The van der Waals surface area contributed by atoms with Crippen molar-refractivity contribution in [3.05, 3.63) is 23.9 Å². The molecule has 1 aliphatic heterocycles. The monoisotopic (exact) mass is 252 g/mol. The van der Waals surface area contributed by atoms with Crippen LogP contribution in [0.3, 0.4) is 0 Å². The van der Waals surface area contributed by atoms with Crippen molar-refractivity contribution in [2.24, 2.45) is 0 Å². The molecule has 0 spiro atoms. The highest BCUT2D eigenvalue weighted by Crippen LogP contribution is 2.20. The average molecular weight is 252 g/mol. The van der Waals surface area contributed by atoms with Crippen LogP contribution >= 0.6 is 11.8 Å². The third-order valence-electron chi connectivity index (χ3n) is 2.74. The van der Waals surface area contributed by atoms with E-state index < -0.39 is 0 Å². The van der Waals surface area contributed by atoms with E-state index in [0.717, 1.165) is 36.2 Å². The molecule has 94 valence electrons. The Labute approximate surface area is 107 Å². The number of nitrogens with zero attached hydrogens (tertiary/aromatic N) is 1. The number of nitrogens with one attached hydrogen (secondary N) is 1. The third-order valence-corrected chi connectivity index (χ3v) is 3.85. The first-order valence-corrected chi connectivity index (χ1v) is 7.43. The molecule has 1 atom stereocenters. The summed E-state index contributed by atoms with van der Waals surface area (Å²) in [7, 11) is 0. The van der Waals surface area contributed by atoms with Gasteiger partial charge in [-0.25, -0.2) is 4.98 Å². The SMILES string of the molecule is CCNc1cccc(CSCC2CCCO2)n1. The zero-order valence-electron chi connectivity index (χ0n) is 10.3. The van der Waals surface area contributed by atoms with Crippen LogP contribution in [-0.4, -0.2) is 30.0 Å². The molecule has 0 bridgehead atoms. The second-order valence-electron chi connectivity index (χ2n) is 4.19. The van der Waals surface area contributed by atoms with E-state index in [1.807, 2.05) is 17.8 Å². The van der Waals surface area contributed by atoms with Crippen molar-refractivity contribution in [3.8, 4) is 0 Å². The van der Waals surface area contributed by atoms with Gasteiger partial charge in [-0.1, -0.05) is 6.07 Å². The lowest BCUT2D eigenvalue weighted by molar-refractivity contribution is 0.129. The molecule has 2 heterocycles. The van der Waals surface area contributed by atoms with Gasteiger partial charge in [-0.3, -0.25) is 0 Å². The van der Waals surface area contributed by atoms with Crippen LogP contribution in [0.5, 0.6) is 0 Å². The number of anilines is 1. The number of ether oxygens (including phenoxy) is 1. The molecule has 3 nitrogen and oxygen atoms in total. The Bertz CT molecular complexity index is 340. The normalized spacial score (nSPS) is 19.5. The van der Waals surface area contributed by atoms with Gasteiger partial charge in [0.25, 0.3) is 0 Å². The topological polar surface area (TPSA) is 34.1 Å². The van der Waals surface area contributed by atoms with Crippen LogP contribution in [0.2, 0.25) is 0 Å². The van der Waals surface area contributed by atoms with Crippen molar-refractivity contribution >= 4 is 17.6 Å². The summed E-state index contributed by atoms with van der Waals surface area (Å²) in [6.07, 6.45) is 2.91. The van der Waals surface area contributed by atoms with Gasteiger partial charge >= 0.3 is 0 Å². The van der Waals surface area contributed by atoms with Gasteiger partial charge in [0.2, 0.25) is 0 Å². The van der Waals surface area contributed by atoms with Gasteiger partial charge in [0, 0.05) is 24.7 Å². The Kier molecular flexibility index (Phi) is 5.13. The number of pyridine rings is 1. The van der Waals surface area contributed by atoms with Gasteiger partial charge in [0.15, 0.2) is 0 Å². The van der Waals surface area contributed by atoms with Gasteiger partial charge in [0.05, 0.1) is 11.8 Å². The molecule has 2 rings (SSSR count). The van der Waals surface area contributed by atoms with Crippen LogP contribution in [-0.2, 0) is 10.5 Å². The molecule has 0 radical (unpaired) electrons. The van der Waals surface area contributed by atoms with E-state index in [1.165, 1.54) is 12.8 Å². The molecular formula is C13H20N2OS. The van der Waals surface area contributed by atoms with Crippen molar-refractivity contribution < 1.29 is 4.74 Å².